The number of carboxylic acids is 1. The molecule has 2 heterocycles. The molecule has 0 saturated carbocycles. The van der Waals surface area contributed by atoms with E-state index in [0.717, 1.165) is 4.90 Å². The van der Waals surface area contributed by atoms with Crippen molar-refractivity contribution in [2.24, 2.45) is 0 Å². The molecule has 9 nitrogen and oxygen atoms in total. The van der Waals surface area contributed by atoms with Gasteiger partial charge in [-0.05, 0) is 18.2 Å². The molecule has 28 heavy (non-hydrogen) atoms. The number of carbonyl (C=O) groups is 4. The van der Waals surface area contributed by atoms with Gasteiger partial charge in [0.05, 0.1) is 11.6 Å². The summed E-state index contributed by atoms with van der Waals surface area (Å²) in [6.45, 7) is 1.000. The molecule has 2 N–H and O–H groups in total. The van der Waals surface area contributed by atoms with Crippen molar-refractivity contribution in [3.05, 3.63) is 46.7 Å². The number of β-lactam (4-membered cyclic amide) rings is 1. The quantitative estimate of drug-likeness (QED) is 0.537. The second-order valence-electron chi connectivity index (χ2n) is 6.09. The number of hydrogen-bond acceptors (Lipinski definition) is 7. The van der Waals surface area contributed by atoms with Gasteiger partial charge in [-0.1, -0.05) is 6.07 Å². The summed E-state index contributed by atoms with van der Waals surface area (Å²) in [5.74, 6) is -2.68. The summed E-state index contributed by atoms with van der Waals surface area (Å²) in [7, 11) is 0. The van der Waals surface area contributed by atoms with E-state index in [9.17, 15) is 24.3 Å². The Balaban J connectivity index is 1.76. The largest absolute Gasteiger partial charge is 0.477 e. The molecule has 144 valence electrons. The van der Waals surface area contributed by atoms with E-state index in [1.54, 1.807) is 12.1 Å². The number of nitrogens with one attached hydrogen (secondary N) is 1. The average Bonchev–Trinajstić information content (AvgIpc) is 2.69. The monoisotopic (exact) mass is 401 g/mol. The van der Waals surface area contributed by atoms with Crippen LogP contribution in [0.5, 0.6) is 0 Å². The molecule has 2 amide bonds. The lowest BCUT2D eigenvalue weighted by molar-refractivity contribution is -0.149. The van der Waals surface area contributed by atoms with Crippen molar-refractivity contribution in [1.82, 2.24) is 10.2 Å². The third kappa shape index (κ3) is 3.57. The fraction of sp³-hybridized carbons (Fsp3) is 0.278. The first-order chi connectivity index (χ1) is 13.3. The zero-order valence-electron chi connectivity index (χ0n) is 14.7. The van der Waals surface area contributed by atoms with Crippen molar-refractivity contribution in [1.29, 1.82) is 5.26 Å². The van der Waals surface area contributed by atoms with Crippen molar-refractivity contribution in [2.75, 3.05) is 12.4 Å². The van der Waals surface area contributed by atoms with Gasteiger partial charge in [0.25, 0.3) is 11.8 Å². The number of carboxylic acid groups (broad SMARTS) is 1. The summed E-state index contributed by atoms with van der Waals surface area (Å²) < 4.78 is 4.87. The summed E-state index contributed by atoms with van der Waals surface area (Å²) in [4.78, 5) is 48.7. The number of ether oxygens (including phenoxy) is 1. The van der Waals surface area contributed by atoms with E-state index in [1.165, 1.54) is 30.8 Å². The highest BCUT2D eigenvalue weighted by atomic mass is 32.2. The molecule has 1 aromatic rings. The van der Waals surface area contributed by atoms with Gasteiger partial charge in [0, 0.05) is 23.8 Å². The Hall–Kier alpha value is -3.32. The Morgan fingerprint density at radius 1 is 1.43 bits per heavy atom. The fourth-order valence-electron chi connectivity index (χ4n) is 2.94. The molecule has 3 rings (SSSR count). The molecule has 0 bridgehead atoms. The topological polar surface area (TPSA) is 137 Å². The number of esters is 1. The Morgan fingerprint density at radius 3 is 2.82 bits per heavy atom. The van der Waals surface area contributed by atoms with Gasteiger partial charge < -0.3 is 15.2 Å². The third-order valence-corrected chi connectivity index (χ3v) is 5.58. The van der Waals surface area contributed by atoms with E-state index in [0.29, 0.717) is 11.1 Å². The van der Waals surface area contributed by atoms with E-state index in [4.69, 9.17) is 10.00 Å². The second kappa shape index (κ2) is 7.74. The van der Waals surface area contributed by atoms with Crippen LogP contribution in [-0.4, -0.2) is 57.5 Å². The predicted octanol–water partition coefficient (Wildman–Crippen LogP) is 0.474. The number of amides is 2. The second-order valence-corrected chi connectivity index (χ2v) is 7.20. The van der Waals surface area contributed by atoms with Gasteiger partial charge in [-0.2, -0.15) is 5.26 Å². The third-order valence-electron chi connectivity index (χ3n) is 4.24. The van der Waals surface area contributed by atoms with Crippen molar-refractivity contribution >= 4 is 35.5 Å². The normalized spacial score (nSPS) is 20.6. The predicted molar refractivity (Wildman–Crippen MR) is 96.8 cm³/mol. The Labute approximate surface area is 163 Å². The van der Waals surface area contributed by atoms with E-state index in [1.807, 2.05) is 6.07 Å². The van der Waals surface area contributed by atoms with Crippen molar-refractivity contribution < 1.29 is 29.0 Å². The first-order valence-electron chi connectivity index (χ1n) is 8.18. The lowest BCUT2D eigenvalue weighted by Gasteiger charge is -2.49. The van der Waals surface area contributed by atoms with Crippen LogP contribution in [0.4, 0.5) is 0 Å². The molecular formula is C18H15N3O6S. The van der Waals surface area contributed by atoms with Gasteiger partial charge in [-0.25, -0.2) is 4.79 Å². The van der Waals surface area contributed by atoms with Gasteiger partial charge >= 0.3 is 11.9 Å². The number of nitrogens with zero attached hydrogens (tertiary/aromatic N) is 2. The SMILES string of the molecule is CC(=O)OCC1=C(C(=O)O)N2C(=O)[C@@H](NC(=O)c3cccc(C#N)c3)[C@H]2SC1. The number of carbonyl (C=O) groups excluding carboxylic acids is 3. The molecule has 2 aliphatic heterocycles. The zero-order chi connectivity index (χ0) is 20.4. The van der Waals surface area contributed by atoms with E-state index < -0.39 is 35.2 Å². The highest BCUT2D eigenvalue weighted by Crippen LogP contribution is 2.40. The van der Waals surface area contributed by atoms with Crippen LogP contribution >= 0.6 is 11.8 Å². The molecule has 0 spiro atoms. The number of thioether (sulfide) groups is 1. The minimum atomic E-state index is -1.30. The van der Waals surface area contributed by atoms with Crippen LogP contribution in [0.15, 0.2) is 35.5 Å². The van der Waals surface area contributed by atoms with Crippen LogP contribution in [-0.2, 0) is 19.1 Å². The summed E-state index contributed by atoms with van der Waals surface area (Å²) in [5.41, 5.74) is 0.652. The van der Waals surface area contributed by atoms with Crippen LogP contribution < -0.4 is 5.32 Å². The lowest BCUT2D eigenvalue weighted by atomic mass is 10.0. The van der Waals surface area contributed by atoms with Crippen LogP contribution in [0.2, 0.25) is 0 Å². The average molecular weight is 401 g/mol. The van der Waals surface area contributed by atoms with E-state index >= 15 is 0 Å². The van der Waals surface area contributed by atoms with E-state index in [-0.39, 0.29) is 23.6 Å². The molecule has 1 saturated heterocycles. The van der Waals surface area contributed by atoms with Crippen LogP contribution in [0.25, 0.3) is 0 Å². The first-order valence-corrected chi connectivity index (χ1v) is 9.22. The first kappa shape index (κ1) is 19.4. The van der Waals surface area contributed by atoms with Crippen LogP contribution in [0, 0.1) is 11.3 Å². The minimum absolute atomic E-state index is 0.210. The molecule has 2 aliphatic rings. The highest BCUT2D eigenvalue weighted by molar-refractivity contribution is 8.00. The number of benzene rings is 1. The molecule has 0 aromatic heterocycles. The molecule has 2 atom stereocenters. The molecule has 1 aromatic carbocycles. The van der Waals surface area contributed by atoms with Gasteiger partial charge in [-0.3, -0.25) is 19.3 Å². The van der Waals surface area contributed by atoms with Gasteiger partial charge in [0.2, 0.25) is 0 Å². The van der Waals surface area contributed by atoms with Crippen LogP contribution in [0.3, 0.4) is 0 Å². The summed E-state index contributed by atoms with van der Waals surface area (Å²) in [6, 6.07) is 7.09. The Bertz CT molecular complexity index is 951. The molecule has 0 aliphatic carbocycles. The van der Waals surface area contributed by atoms with Crippen molar-refractivity contribution in [3.63, 3.8) is 0 Å². The number of rotatable bonds is 5. The number of aliphatic carboxylic acids is 1. The minimum Gasteiger partial charge on any atom is -0.477 e. The summed E-state index contributed by atoms with van der Waals surface area (Å²) >= 11 is 1.28. The summed E-state index contributed by atoms with van der Waals surface area (Å²) in [5, 5.41) is 20.5. The van der Waals surface area contributed by atoms with Gasteiger partial charge in [0.15, 0.2) is 0 Å². The number of fused-ring (bicyclic) bond motifs is 1. The molecule has 1 fully saturated rings. The van der Waals surface area contributed by atoms with Gasteiger partial charge in [-0.15, -0.1) is 11.8 Å². The molecule has 0 unspecified atom stereocenters. The molecule has 0 radical (unpaired) electrons. The van der Waals surface area contributed by atoms with Crippen molar-refractivity contribution in [2.45, 2.75) is 18.3 Å². The molecule has 10 heteroatoms. The maximum Gasteiger partial charge on any atom is 0.352 e. The van der Waals surface area contributed by atoms with Crippen molar-refractivity contribution in [3.8, 4) is 6.07 Å². The van der Waals surface area contributed by atoms with E-state index in [2.05, 4.69) is 5.32 Å². The number of nitriles is 1. The zero-order valence-corrected chi connectivity index (χ0v) is 15.5. The lowest BCUT2D eigenvalue weighted by Crippen LogP contribution is -2.70. The smallest absolute Gasteiger partial charge is 0.352 e. The Morgan fingerprint density at radius 2 is 2.18 bits per heavy atom. The summed E-state index contributed by atoms with van der Waals surface area (Å²) in [6.07, 6.45) is 0. The maximum atomic E-state index is 12.5. The highest BCUT2D eigenvalue weighted by Gasteiger charge is 2.54. The standard InChI is InChI=1S/C18H15N3O6S/c1-9(22)27-7-12-8-28-17-13(16(24)21(17)14(12)18(25)26)20-15(23)11-4-2-3-10(5-11)6-19/h2-5,13,17H,7-8H2,1H3,(H,20,23)(H,25,26)/t13-,17-/m1/s1. The number of hydrogen-bond donors (Lipinski definition) is 2. The van der Waals surface area contributed by atoms with Crippen LogP contribution in [0.1, 0.15) is 22.8 Å². The Kier molecular flexibility index (Phi) is 5.37. The van der Waals surface area contributed by atoms with Gasteiger partial charge in [0.1, 0.15) is 23.7 Å². The fourth-order valence-corrected chi connectivity index (χ4v) is 4.26. The maximum absolute atomic E-state index is 12.5. The molecular weight excluding hydrogens is 386 g/mol.